The first-order valence-corrected chi connectivity index (χ1v) is 5.19. The Bertz CT molecular complexity index is 207. The highest BCUT2D eigenvalue weighted by molar-refractivity contribution is 5.67. The van der Waals surface area contributed by atoms with Crippen molar-refractivity contribution in [2.45, 2.75) is 31.5 Å². The van der Waals surface area contributed by atoms with E-state index in [1.54, 1.807) is 14.0 Å². The zero-order valence-corrected chi connectivity index (χ0v) is 9.77. The number of methoxy groups -OCH3 is 1. The molecule has 16 heavy (non-hydrogen) atoms. The average molecular weight is 235 g/mol. The summed E-state index contributed by atoms with van der Waals surface area (Å²) in [6.45, 7) is 2.54. The molecule has 2 atom stereocenters. The Labute approximate surface area is 95.2 Å². The number of carboxylic acid groups (broad SMARTS) is 1. The molecule has 0 aliphatic heterocycles. The first-order valence-electron chi connectivity index (χ1n) is 5.19. The molecule has 0 saturated heterocycles. The fourth-order valence-corrected chi connectivity index (χ4v) is 1.19. The molecule has 0 amide bonds. The molecule has 6 nitrogen and oxygen atoms in total. The Morgan fingerprint density at radius 2 is 2.19 bits per heavy atom. The number of carboxylic acids is 1. The van der Waals surface area contributed by atoms with E-state index in [9.17, 15) is 15.0 Å². The Kier molecular flexibility index (Phi) is 7.24. The number of ether oxygens (including phenoxy) is 1. The van der Waals surface area contributed by atoms with Gasteiger partial charge < -0.3 is 25.4 Å². The summed E-state index contributed by atoms with van der Waals surface area (Å²) in [7, 11) is 1.56. The van der Waals surface area contributed by atoms with Crippen LogP contribution < -0.4 is 5.32 Å². The summed E-state index contributed by atoms with van der Waals surface area (Å²) in [4.78, 5) is 10.3. The Balaban J connectivity index is 3.66. The predicted molar refractivity (Wildman–Crippen MR) is 58.2 cm³/mol. The van der Waals surface area contributed by atoms with Crippen LogP contribution in [-0.4, -0.2) is 59.8 Å². The van der Waals surface area contributed by atoms with Crippen LogP contribution in [-0.2, 0) is 9.53 Å². The molecule has 96 valence electrons. The molecule has 0 radical (unpaired) electrons. The third-order valence-corrected chi connectivity index (χ3v) is 2.14. The molecule has 2 unspecified atom stereocenters. The number of rotatable bonds is 9. The highest BCUT2D eigenvalue weighted by atomic mass is 16.5. The molecule has 0 aliphatic rings. The molecule has 0 aliphatic carbocycles. The van der Waals surface area contributed by atoms with Crippen LogP contribution in [0.4, 0.5) is 0 Å². The third-order valence-electron chi connectivity index (χ3n) is 2.14. The van der Waals surface area contributed by atoms with Crippen molar-refractivity contribution >= 4 is 5.97 Å². The quantitative estimate of drug-likeness (QED) is 0.417. The number of carbonyl (C=O) groups is 1. The zero-order valence-electron chi connectivity index (χ0n) is 9.77. The molecule has 0 spiro atoms. The van der Waals surface area contributed by atoms with Crippen molar-refractivity contribution < 1.29 is 24.9 Å². The van der Waals surface area contributed by atoms with Crippen molar-refractivity contribution in [2.24, 2.45) is 0 Å². The summed E-state index contributed by atoms with van der Waals surface area (Å²) in [5.74, 6) is -1.04. The summed E-state index contributed by atoms with van der Waals surface area (Å²) in [5.41, 5.74) is -0.918. The molecular formula is C10H21NO5. The van der Waals surface area contributed by atoms with Crippen LogP contribution in [0.1, 0.15) is 19.8 Å². The molecule has 0 saturated carbocycles. The van der Waals surface area contributed by atoms with E-state index < -0.39 is 17.7 Å². The van der Waals surface area contributed by atoms with Gasteiger partial charge in [0.05, 0.1) is 18.1 Å². The van der Waals surface area contributed by atoms with E-state index in [-0.39, 0.29) is 19.5 Å². The molecule has 0 aromatic carbocycles. The smallest absolute Gasteiger partial charge is 0.306 e. The van der Waals surface area contributed by atoms with E-state index in [1.807, 2.05) is 0 Å². The number of aliphatic hydroxyl groups excluding tert-OH is 1. The number of hydrogen-bond acceptors (Lipinski definition) is 5. The van der Waals surface area contributed by atoms with Crippen LogP contribution >= 0.6 is 0 Å². The van der Waals surface area contributed by atoms with Gasteiger partial charge in [0, 0.05) is 33.2 Å². The van der Waals surface area contributed by atoms with Gasteiger partial charge in [-0.05, 0) is 6.92 Å². The first kappa shape index (κ1) is 15.3. The molecule has 0 aromatic heterocycles. The van der Waals surface area contributed by atoms with Gasteiger partial charge in [0.1, 0.15) is 0 Å². The molecule has 4 N–H and O–H groups in total. The monoisotopic (exact) mass is 235 g/mol. The minimum atomic E-state index is -1.04. The van der Waals surface area contributed by atoms with E-state index in [0.717, 1.165) is 0 Å². The highest BCUT2D eigenvalue weighted by Crippen LogP contribution is 2.07. The molecule has 0 rings (SSSR count). The second-order valence-electron chi connectivity index (χ2n) is 4.12. The first-order chi connectivity index (χ1) is 7.37. The maximum Gasteiger partial charge on any atom is 0.306 e. The van der Waals surface area contributed by atoms with E-state index in [2.05, 4.69) is 5.32 Å². The molecule has 0 fully saturated rings. The lowest BCUT2D eigenvalue weighted by Crippen LogP contribution is -2.41. The lowest BCUT2D eigenvalue weighted by atomic mass is 10.0. The second kappa shape index (κ2) is 7.56. The normalized spacial score (nSPS) is 16.8. The van der Waals surface area contributed by atoms with E-state index in [1.165, 1.54) is 0 Å². The summed E-state index contributed by atoms with van der Waals surface area (Å²) in [6.07, 6.45) is -0.755. The summed E-state index contributed by atoms with van der Waals surface area (Å²) < 4.78 is 4.84. The van der Waals surface area contributed by atoms with Crippen LogP contribution in [0.15, 0.2) is 0 Å². The molecule has 0 heterocycles. The van der Waals surface area contributed by atoms with E-state index >= 15 is 0 Å². The molecule has 0 bridgehead atoms. The fourth-order valence-electron chi connectivity index (χ4n) is 1.19. The minimum absolute atomic E-state index is 0.148. The van der Waals surface area contributed by atoms with Gasteiger partial charge in [0.15, 0.2) is 0 Å². The van der Waals surface area contributed by atoms with Crippen LogP contribution in [0.5, 0.6) is 0 Å². The fraction of sp³-hybridized carbons (Fsp3) is 0.900. The maximum absolute atomic E-state index is 10.3. The molecule has 6 heteroatoms. The van der Waals surface area contributed by atoms with Gasteiger partial charge in [0.25, 0.3) is 0 Å². The second-order valence-corrected chi connectivity index (χ2v) is 4.12. The van der Waals surface area contributed by atoms with E-state index in [4.69, 9.17) is 9.84 Å². The maximum atomic E-state index is 10.3. The summed E-state index contributed by atoms with van der Waals surface area (Å²) in [5, 5.41) is 30.3. The molecule has 0 aromatic rings. The number of nitrogens with one attached hydrogen (secondary N) is 1. The van der Waals surface area contributed by atoms with E-state index in [0.29, 0.717) is 13.0 Å². The lowest BCUT2D eigenvalue weighted by Gasteiger charge is -2.24. The van der Waals surface area contributed by atoms with Gasteiger partial charge in [-0.25, -0.2) is 0 Å². The lowest BCUT2D eigenvalue weighted by molar-refractivity contribution is -0.139. The highest BCUT2D eigenvalue weighted by Gasteiger charge is 2.20. The zero-order chi connectivity index (χ0) is 12.6. The Morgan fingerprint density at radius 3 is 2.69 bits per heavy atom. The third kappa shape index (κ3) is 8.60. The number of hydrogen-bond donors (Lipinski definition) is 4. The van der Waals surface area contributed by atoms with Gasteiger partial charge in [-0.2, -0.15) is 0 Å². The molecular weight excluding hydrogens is 214 g/mol. The van der Waals surface area contributed by atoms with Crippen LogP contribution in [0, 0.1) is 0 Å². The number of aliphatic hydroxyl groups is 2. The summed E-state index contributed by atoms with van der Waals surface area (Å²) >= 11 is 0. The predicted octanol–water partition coefficient (Wildman–Crippen LogP) is -0.801. The van der Waals surface area contributed by atoms with Gasteiger partial charge in [-0.1, -0.05) is 0 Å². The largest absolute Gasteiger partial charge is 0.481 e. The number of aliphatic carboxylic acids is 1. The van der Waals surface area contributed by atoms with Gasteiger partial charge in [-0.3, -0.25) is 4.79 Å². The van der Waals surface area contributed by atoms with Crippen molar-refractivity contribution in [3.63, 3.8) is 0 Å². The van der Waals surface area contributed by atoms with Crippen molar-refractivity contribution in [2.75, 3.05) is 26.8 Å². The van der Waals surface area contributed by atoms with Gasteiger partial charge in [0.2, 0.25) is 0 Å². The standard InChI is InChI=1S/C10H21NO5/c1-10(15,3-4-16-2)7-11-6-8(12)5-9(13)14/h8,11-12,15H,3-7H2,1-2H3,(H,13,14). The van der Waals surface area contributed by atoms with Crippen LogP contribution in [0.25, 0.3) is 0 Å². The average Bonchev–Trinajstić information content (AvgIpc) is 2.13. The van der Waals surface area contributed by atoms with Gasteiger partial charge >= 0.3 is 5.97 Å². The Hall–Kier alpha value is -0.690. The summed E-state index contributed by atoms with van der Waals surface area (Å²) in [6, 6.07) is 0. The van der Waals surface area contributed by atoms with Crippen LogP contribution in [0.2, 0.25) is 0 Å². The van der Waals surface area contributed by atoms with Crippen molar-refractivity contribution in [1.29, 1.82) is 0 Å². The van der Waals surface area contributed by atoms with Crippen LogP contribution in [0.3, 0.4) is 0 Å². The van der Waals surface area contributed by atoms with Crippen molar-refractivity contribution in [3.05, 3.63) is 0 Å². The Morgan fingerprint density at radius 1 is 1.56 bits per heavy atom. The minimum Gasteiger partial charge on any atom is -0.481 e. The van der Waals surface area contributed by atoms with Crippen molar-refractivity contribution in [3.8, 4) is 0 Å². The van der Waals surface area contributed by atoms with Crippen molar-refractivity contribution in [1.82, 2.24) is 5.32 Å². The van der Waals surface area contributed by atoms with Gasteiger partial charge in [-0.15, -0.1) is 0 Å². The topological polar surface area (TPSA) is 99.0 Å². The SMILES string of the molecule is COCCC(C)(O)CNCC(O)CC(=O)O.